The van der Waals surface area contributed by atoms with Crippen LogP contribution in [0.4, 0.5) is 23.8 Å². The minimum Gasteiger partial charge on any atom is -0.350 e. The van der Waals surface area contributed by atoms with Gasteiger partial charge in [-0.1, -0.05) is 77.9 Å². The van der Waals surface area contributed by atoms with Crippen LogP contribution in [0.2, 0.25) is 0 Å². The molecule has 0 saturated carbocycles. The highest BCUT2D eigenvalue weighted by atomic mass is 15.4. The van der Waals surface area contributed by atoms with Crippen LogP contribution in [0.25, 0.3) is 22.7 Å². The summed E-state index contributed by atoms with van der Waals surface area (Å²) in [5, 5.41) is 24.9. The zero-order valence-corrected chi connectivity index (χ0v) is 38.3. The molecule has 0 amide bonds. The second-order valence-corrected chi connectivity index (χ2v) is 16.9. The van der Waals surface area contributed by atoms with E-state index in [2.05, 4.69) is 92.8 Å². The smallest absolute Gasteiger partial charge is 0.230 e. The summed E-state index contributed by atoms with van der Waals surface area (Å²) in [5.41, 5.74) is 20.5. The molecule has 0 bridgehead atoms. The molecule has 8 heterocycles. The highest BCUT2D eigenvalue weighted by molar-refractivity contribution is 5.58. The number of nitrogens with two attached hydrogens (primary N) is 2. The van der Waals surface area contributed by atoms with Gasteiger partial charge in [0.2, 0.25) is 23.8 Å². The first-order chi connectivity index (χ1) is 31.7. The normalized spacial score (nSPS) is 16.2. The Hall–Kier alpha value is -6.92. The first kappa shape index (κ1) is 44.7. The van der Waals surface area contributed by atoms with E-state index >= 15 is 0 Å². The highest BCUT2D eigenvalue weighted by Gasteiger charge is 2.25. The Balaban J connectivity index is 0.000000171. The van der Waals surface area contributed by atoms with Crippen molar-refractivity contribution in [1.29, 1.82) is 0 Å². The predicted molar refractivity (Wildman–Crippen MR) is 257 cm³/mol. The van der Waals surface area contributed by atoms with Gasteiger partial charge in [0.15, 0.2) is 11.3 Å². The molecule has 2 fully saturated rings. The molecule has 0 spiro atoms. The van der Waals surface area contributed by atoms with E-state index in [4.69, 9.17) is 31.4 Å². The Labute approximate surface area is 380 Å². The van der Waals surface area contributed by atoms with Gasteiger partial charge in [-0.15, -0.1) is 0 Å². The van der Waals surface area contributed by atoms with Crippen molar-refractivity contribution >= 4 is 35.1 Å². The number of aromatic nitrogens is 12. The maximum atomic E-state index is 6.23. The molecule has 2 atom stereocenters. The molecule has 2 aliphatic rings. The van der Waals surface area contributed by atoms with Crippen LogP contribution in [0.1, 0.15) is 94.9 Å². The molecule has 10 rings (SSSR count). The second kappa shape index (κ2) is 20.3. The van der Waals surface area contributed by atoms with Gasteiger partial charge in [-0.25, -0.2) is 9.36 Å². The molecule has 65 heavy (non-hydrogen) atoms. The molecule has 8 aromatic rings. The zero-order chi connectivity index (χ0) is 45.5. The van der Waals surface area contributed by atoms with Crippen LogP contribution in [0.5, 0.6) is 0 Å². The van der Waals surface area contributed by atoms with Crippen molar-refractivity contribution in [3.8, 4) is 11.4 Å². The molecular weight excluding hydrogens is 817 g/mol. The van der Waals surface area contributed by atoms with Gasteiger partial charge in [-0.05, 0) is 66.5 Å². The van der Waals surface area contributed by atoms with Crippen LogP contribution in [0, 0.1) is 0 Å². The van der Waals surface area contributed by atoms with Gasteiger partial charge >= 0.3 is 0 Å². The Morgan fingerprint density at radius 1 is 0.585 bits per heavy atom. The summed E-state index contributed by atoms with van der Waals surface area (Å²) >= 11 is 0. The molecule has 18 heteroatoms. The number of anilines is 4. The van der Waals surface area contributed by atoms with Crippen LogP contribution in [0.15, 0.2) is 97.8 Å². The van der Waals surface area contributed by atoms with E-state index in [0.29, 0.717) is 48.7 Å². The van der Waals surface area contributed by atoms with Gasteiger partial charge in [0.1, 0.15) is 0 Å². The van der Waals surface area contributed by atoms with E-state index in [1.165, 1.54) is 0 Å². The summed E-state index contributed by atoms with van der Waals surface area (Å²) in [6, 6.07) is 20.5. The number of para-hydroxylation sites is 2. The average Bonchev–Trinajstić information content (AvgIpc) is 4.19. The van der Waals surface area contributed by atoms with Gasteiger partial charge in [0.05, 0.1) is 23.8 Å². The maximum absolute atomic E-state index is 6.23. The summed E-state index contributed by atoms with van der Waals surface area (Å²) in [4.78, 5) is 23.8. The van der Waals surface area contributed by atoms with Crippen molar-refractivity contribution < 1.29 is 0 Å². The molecule has 6 aromatic heterocycles. The van der Waals surface area contributed by atoms with Gasteiger partial charge < -0.3 is 31.9 Å². The van der Waals surface area contributed by atoms with E-state index < -0.39 is 0 Å². The lowest BCUT2D eigenvalue weighted by molar-refractivity contribution is 0.499. The second-order valence-electron chi connectivity index (χ2n) is 16.9. The molecule has 2 saturated heterocycles. The molecular formula is C47H62N18. The van der Waals surface area contributed by atoms with Crippen LogP contribution in [-0.2, 0) is 13.1 Å². The zero-order valence-electron chi connectivity index (χ0n) is 38.3. The number of benzene rings is 2. The predicted octanol–water partition coefficient (Wildman–Crippen LogP) is 6.58. The summed E-state index contributed by atoms with van der Waals surface area (Å²) in [5.74, 6) is 3.37. The quantitative estimate of drug-likeness (QED) is 0.102. The number of hydrogen-bond donors (Lipinski definition) is 4. The Morgan fingerprint density at radius 3 is 1.48 bits per heavy atom. The van der Waals surface area contributed by atoms with Gasteiger partial charge in [0.25, 0.3) is 0 Å². The first-order valence-corrected chi connectivity index (χ1v) is 22.9. The summed E-state index contributed by atoms with van der Waals surface area (Å²) < 4.78 is 7.34. The summed E-state index contributed by atoms with van der Waals surface area (Å²) in [6.45, 7) is 17.1. The minimum absolute atomic E-state index is 0.149. The van der Waals surface area contributed by atoms with Crippen LogP contribution >= 0.6 is 0 Å². The van der Waals surface area contributed by atoms with E-state index in [9.17, 15) is 0 Å². The summed E-state index contributed by atoms with van der Waals surface area (Å²) in [7, 11) is 0. The molecule has 2 unspecified atom stereocenters. The van der Waals surface area contributed by atoms with Crippen molar-refractivity contribution in [2.45, 2.75) is 97.8 Å². The molecule has 2 aromatic carbocycles. The van der Waals surface area contributed by atoms with Crippen molar-refractivity contribution in [2.24, 2.45) is 11.5 Å². The first-order valence-electron chi connectivity index (χ1n) is 22.9. The number of nitrogens with zero attached hydrogens (tertiary/aromatic N) is 14. The average molecular weight is 879 g/mol. The highest BCUT2D eigenvalue weighted by Crippen LogP contribution is 2.27. The van der Waals surface area contributed by atoms with Crippen molar-refractivity contribution in [2.75, 3.05) is 46.6 Å². The van der Waals surface area contributed by atoms with E-state index in [1.807, 2.05) is 84.4 Å². The topological polar surface area (TPSA) is 204 Å². The third kappa shape index (κ3) is 9.93. The standard InChI is InChI=1S/C23H29N9.C22H27N9.C2H6/c1-16(2)19-14-27-32-21(19)28-23(30-11-5-8-18(24)15-30)29-22(32)25-13-17-7-3-4-9-20(17)31-12-6-10-26-31;1-15(2)18-13-26-31-20(18)27-22(29-11-8-17(23)14-29)28-21(31)24-12-16-6-3-4-7-19(16)30-10-5-9-25-30;1-2/h3-4,6-7,9-10,12,14,16,18H,5,8,11,13,15,24H2,1-2H3,(H,25,28,29);3-7,9-10,13,15,17H,8,11-12,14,23H2,1-2H3,(H,24,27,28);1-2H3. The van der Waals surface area contributed by atoms with Crippen molar-refractivity contribution in [1.82, 2.24) is 58.7 Å². The fourth-order valence-corrected chi connectivity index (χ4v) is 8.19. The molecule has 0 aliphatic carbocycles. The van der Waals surface area contributed by atoms with Gasteiger partial charge in [-0.2, -0.15) is 49.4 Å². The van der Waals surface area contributed by atoms with Crippen LogP contribution in [0.3, 0.4) is 0 Å². The van der Waals surface area contributed by atoms with Gasteiger partial charge in [0, 0.05) is 87.3 Å². The lowest BCUT2D eigenvalue weighted by atomic mass is 10.1. The Morgan fingerprint density at radius 2 is 1.05 bits per heavy atom. The summed E-state index contributed by atoms with van der Waals surface area (Å²) in [6.07, 6.45) is 14.3. The number of hydrogen-bond acceptors (Lipinski definition) is 14. The number of fused-ring (bicyclic) bond motifs is 2. The Bertz CT molecular complexity index is 2750. The third-order valence-corrected chi connectivity index (χ3v) is 11.6. The third-order valence-electron chi connectivity index (χ3n) is 11.6. The van der Waals surface area contributed by atoms with E-state index in [1.54, 1.807) is 21.4 Å². The molecule has 6 N–H and O–H groups in total. The Kier molecular flexibility index (Phi) is 13.9. The fraction of sp³-hybridized carbons (Fsp3) is 0.404. The number of piperidine rings is 1. The van der Waals surface area contributed by atoms with Crippen molar-refractivity contribution in [3.05, 3.63) is 120 Å². The van der Waals surface area contributed by atoms with E-state index in [0.717, 1.165) is 90.4 Å². The molecule has 0 radical (unpaired) electrons. The molecule has 18 nitrogen and oxygen atoms in total. The molecule has 2 aliphatic heterocycles. The number of nitrogens with one attached hydrogen (secondary N) is 2. The fourth-order valence-electron chi connectivity index (χ4n) is 8.19. The monoisotopic (exact) mass is 879 g/mol. The lowest BCUT2D eigenvalue weighted by Gasteiger charge is -2.31. The number of rotatable bonds is 12. The van der Waals surface area contributed by atoms with Crippen LogP contribution in [-0.4, -0.2) is 97.0 Å². The molecule has 340 valence electrons. The minimum atomic E-state index is 0.149. The van der Waals surface area contributed by atoms with Crippen molar-refractivity contribution in [3.63, 3.8) is 0 Å². The van der Waals surface area contributed by atoms with Gasteiger partial charge in [-0.3, -0.25) is 0 Å². The maximum Gasteiger partial charge on any atom is 0.230 e. The lowest BCUT2D eigenvalue weighted by Crippen LogP contribution is -2.43. The van der Waals surface area contributed by atoms with Crippen LogP contribution < -0.4 is 31.9 Å². The SMILES string of the molecule is CC.CC(C)c1cnn2c(NCc3ccccc3-n3cccn3)nc(N3CCC(N)C3)nc12.CC(C)c1cnn2c(NCc3ccccc3-n3cccn3)nc(N3CCCC(N)C3)nc12. The largest absolute Gasteiger partial charge is 0.350 e. The van der Waals surface area contributed by atoms with E-state index in [-0.39, 0.29) is 12.1 Å².